The molecule has 2 fully saturated rings. The fourth-order valence-corrected chi connectivity index (χ4v) is 3.26. The monoisotopic (exact) mass is 312 g/mol. The standard InChI is InChI=1S/C15H24N4O.ClH/c1-15(2,3)18-10-11(8-17-18)14(20)19-12-4-5-13(19)9-16-7-6-12;/h8,10,12-13,16H,4-7,9H2,1-3H3;1H. The number of halogens is 1. The summed E-state index contributed by atoms with van der Waals surface area (Å²) in [5.41, 5.74) is 0.636. The highest BCUT2D eigenvalue weighted by Gasteiger charge is 2.38. The van der Waals surface area contributed by atoms with Crippen molar-refractivity contribution in [2.45, 2.75) is 57.7 Å². The Bertz CT molecular complexity index is 494. The number of carbonyl (C=O) groups is 1. The summed E-state index contributed by atoms with van der Waals surface area (Å²) in [4.78, 5) is 14.9. The van der Waals surface area contributed by atoms with Gasteiger partial charge in [0, 0.05) is 24.8 Å². The summed E-state index contributed by atoms with van der Waals surface area (Å²) >= 11 is 0. The van der Waals surface area contributed by atoms with Crippen LogP contribution in [0.5, 0.6) is 0 Å². The molecule has 2 bridgehead atoms. The van der Waals surface area contributed by atoms with Crippen LogP contribution in [0.15, 0.2) is 12.4 Å². The predicted molar refractivity (Wildman–Crippen MR) is 84.9 cm³/mol. The minimum Gasteiger partial charge on any atom is -0.331 e. The van der Waals surface area contributed by atoms with E-state index in [-0.39, 0.29) is 23.9 Å². The summed E-state index contributed by atoms with van der Waals surface area (Å²) in [6.07, 6.45) is 6.93. The van der Waals surface area contributed by atoms with E-state index >= 15 is 0 Å². The smallest absolute Gasteiger partial charge is 0.257 e. The molecule has 2 aliphatic rings. The van der Waals surface area contributed by atoms with E-state index in [1.165, 1.54) is 0 Å². The number of rotatable bonds is 1. The zero-order valence-electron chi connectivity index (χ0n) is 13.0. The van der Waals surface area contributed by atoms with Gasteiger partial charge in [-0.2, -0.15) is 5.10 Å². The van der Waals surface area contributed by atoms with Crippen LogP contribution in [0.3, 0.4) is 0 Å². The van der Waals surface area contributed by atoms with Gasteiger partial charge < -0.3 is 10.2 Å². The summed E-state index contributed by atoms with van der Waals surface area (Å²) in [6.45, 7) is 8.22. The lowest BCUT2D eigenvalue weighted by Gasteiger charge is -2.27. The molecule has 0 aliphatic carbocycles. The number of aromatic nitrogens is 2. The largest absolute Gasteiger partial charge is 0.331 e. The summed E-state index contributed by atoms with van der Waals surface area (Å²) in [6, 6.07) is 0.758. The summed E-state index contributed by atoms with van der Waals surface area (Å²) in [5, 5.41) is 7.78. The van der Waals surface area contributed by atoms with Crippen LogP contribution in [0.1, 0.15) is 50.4 Å². The van der Waals surface area contributed by atoms with Crippen molar-refractivity contribution in [2.75, 3.05) is 13.1 Å². The maximum atomic E-state index is 12.8. The molecule has 1 amide bonds. The third-order valence-electron chi connectivity index (χ3n) is 4.41. The van der Waals surface area contributed by atoms with E-state index in [1.807, 2.05) is 10.9 Å². The second-order valence-corrected chi connectivity index (χ2v) is 6.93. The molecule has 6 heteroatoms. The Kier molecular flexibility index (Phi) is 4.63. The molecule has 118 valence electrons. The molecule has 0 spiro atoms. The van der Waals surface area contributed by atoms with Crippen LogP contribution in [-0.2, 0) is 5.54 Å². The van der Waals surface area contributed by atoms with Gasteiger partial charge in [-0.3, -0.25) is 9.48 Å². The van der Waals surface area contributed by atoms with Crippen molar-refractivity contribution in [3.8, 4) is 0 Å². The molecule has 2 aliphatic heterocycles. The molecule has 3 rings (SSSR count). The first kappa shape index (κ1) is 16.3. The fraction of sp³-hybridized carbons (Fsp3) is 0.733. The second kappa shape index (κ2) is 5.97. The first-order chi connectivity index (χ1) is 9.47. The molecule has 3 heterocycles. The van der Waals surface area contributed by atoms with Crippen LogP contribution >= 0.6 is 12.4 Å². The van der Waals surface area contributed by atoms with Crippen LogP contribution in [0, 0.1) is 0 Å². The number of amides is 1. The van der Waals surface area contributed by atoms with Crippen LogP contribution in [0.4, 0.5) is 0 Å². The average molecular weight is 313 g/mol. The predicted octanol–water partition coefficient (Wildman–Crippen LogP) is 2.03. The highest BCUT2D eigenvalue weighted by atomic mass is 35.5. The molecule has 1 aromatic rings. The zero-order chi connectivity index (χ0) is 14.3. The lowest BCUT2D eigenvalue weighted by molar-refractivity contribution is 0.0680. The Morgan fingerprint density at radius 1 is 1.29 bits per heavy atom. The van der Waals surface area contributed by atoms with E-state index in [1.54, 1.807) is 6.20 Å². The third-order valence-corrected chi connectivity index (χ3v) is 4.41. The molecule has 0 saturated carbocycles. The minimum atomic E-state index is -0.0855. The fourth-order valence-electron chi connectivity index (χ4n) is 3.26. The van der Waals surface area contributed by atoms with Crippen molar-refractivity contribution in [1.29, 1.82) is 0 Å². The summed E-state index contributed by atoms with van der Waals surface area (Å²) in [7, 11) is 0. The number of nitrogens with zero attached hydrogens (tertiary/aromatic N) is 3. The number of carbonyl (C=O) groups excluding carboxylic acids is 1. The van der Waals surface area contributed by atoms with Crippen molar-refractivity contribution < 1.29 is 4.79 Å². The van der Waals surface area contributed by atoms with Gasteiger partial charge in [0.1, 0.15) is 0 Å². The highest BCUT2D eigenvalue weighted by Crippen LogP contribution is 2.29. The molecule has 1 aromatic heterocycles. The molecular formula is C15H25ClN4O. The molecule has 5 nitrogen and oxygen atoms in total. The zero-order valence-corrected chi connectivity index (χ0v) is 13.8. The van der Waals surface area contributed by atoms with Crippen molar-refractivity contribution in [3.63, 3.8) is 0 Å². The van der Waals surface area contributed by atoms with Crippen LogP contribution in [0.25, 0.3) is 0 Å². The van der Waals surface area contributed by atoms with Gasteiger partial charge in [0.2, 0.25) is 0 Å². The maximum Gasteiger partial charge on any atom is 0.257 e. The second-order valence-electron chi connectivity index (χ2n) is 6.93. The molecule has 0 aromatic carbocycles. The van der Waals surface area contributed by atoms with Crippen molar-refractivity contribution in [1.82, 2.24) is 20.0 Å². The van der Waals surface area contributed by atoms with Gasteiger partial charge in [0.25, 0.3) is 5.91 Å². The van der Waals surface area contributed by atoms with E-state index < -0.39 is 0 Å². The molecule has 0 radical (unpaired) electrons. The van der Waals surface area contributed by atoms with Gasteiger partial charge in [-0.05, 0) is 46.6 Å². The summed E-state index contributed by atoms with van der Waals surface area (Å²) < 4.78 is 1.87. The number of hydrogen-bond donors (Lipinski definition) is 1. The molecule has 21 heavy (non-hydrogen) atoms. The minimum absolute atomic E-state index is 0. The van der Waals surface area contributed by atoms with Gasteiger partial charge in [0.15, 0.2) is 0 Å². The van der Waals surface area contributed by atoms with Crippen LogP contribution in [0.2, 0.25) is 0 Å². The lowest BCUT2D eigenvalue weighted by Crippen LogP contribution is -2.42. The van der Waals surface area contributed by atoms with E-state index in [0.29, 0.717) is 12.1 Å². The number of hydrogen-bond acceptors (Lipinski definition) is 3. The van der Waals surface area contributed by atoms with Crippen molar-refractivity contribution in [2.24, 2.45) is 0 Å². The molecule has 2 atom stereocenters. The van der Waals surface area contributed by atoms with Gasteiger partial charge in [0.05, 0.1) is 17.3 Å². The normalized spacial score (nSPS) is 25.4. The maximum absolute atomic E-state index is 12.8. The molecular weight excluding hydrogens is 288 g/mol. The average Bonchev–Trinajstić information content (AvgIpc) is 2.92. The summed E-state index contributed by atoms with van der Waals surface area (Å²) in [5.74, 6) is 0.150. The quantitative estimate of drug-likeness (QED) is 0.863. The van der Waals surface area contributed by atoms with Crippen molar-refractivity contribution in [3.05, 3.63) is 18.0 Å². The first-order valence-corrected chi connectivity index (χ1v) is 7.55. The SMILES string of the molecule is CC(C)(C)n1cc(C(=O)N2C3CCNCC2CC3)cn1.Cl. The van der Waals surface area contributed by atoms with Gasteiger partial charge >= 0.3 is 0 Å². The lowest BCUT2D eigenvalue weighted by atomic mass is 10.1. The van der Waals surface area contributed by atoms with Gasteiger partial charge in [-0.15, -0.1) is 12.4 Å². The van der Waals surface area contributed by atoms with E-state index in [9.17, 15) is 4.79 Å². The van der Waals surface area contributed by atoms with Gasteiger partial charge in [-0.1, -0.05) is 0 Å². The van der Waals surface area contributed by atoms with E-state index in [4.69, 9.17) is 0 Å². The van der Waals surface area contributed by atoms with E-state index in [0.717, 1.165) is 37.9 Å². The Labute approximate surface area is 132 Å². The molecule has 2 saturated heterocycles. The molecule has 1 N–H and O–H groups in total. The Balaban J connectivity index is 0.00000161. The third kappa shape index (κ3) is 3.09. The number of nitrogens with one attached hydrogen (secondary N) is 1. The van der Waals surface area contributed by atoms with Gasteiger partial charge in [-0.25, -0.2) is 0 Å². The van der Waals surface area contributed by atoms with Crippen LogP contribution in [-0.4, -0.2) is 45.8 Å². The highest BCUT2D eigenvalue weighted by molar-refractivity contribution is 5.94. The topological polar surface area (TPSA) is 50.2 Å². The Morgan fingerprint density at radius 2 is 2.00 bits per heavy atom. The van der Waals surface area contributed by atoms with Crippen molar-refractivity contribution >= 4 is 18.3 Å². The Morgan fingerprint density at radius 3 is 2.67 bits per heavy atom. The number of fused-ring (bicyclic) bond motifs is 2. The van der Waals surface area contributed by atoms with E-state index in [2.05, 4.69) is 36.1 Å². The van der Waals surface area contributed by atoms with Crippen LogP contribution < -0.4 is 5.32 Å². The Hall–Kier alpha value is -1.07. The first-order valence-electron chi connectivity index (χ1n) is 7.55. The molecule has 2 unspecified atom stereocenters.